The molecule has 0 aliphatic rings. The lowest BCUT2D eigenvalue weighted by atomic mass is 10.3. The third-order valence-corrected chi connectivity index (χ3v) is 3.35. The molecule has 0 unspecified atom stereocenters. The number of unbranched alkanes of at least 4 members (excludes halogenated alkanes) is 1. The maximum Gasteiger partial charge on any atom is 0.107 e. The third kappa shape index (κ3) is 5.05. The van der Waals surface area contributed by atoms with Crippen molar-refractivity contribution in [3.8, 4) is 0 Å². The first kappa shape index (κ1) is 13.6. The zero-order chi connectivity index (χ0) is 11.8. The van der Waals surface area contributed by atoms with Gasteiger partial charge in [-0.2, -0.15) is 0 Å². The smallest absolute Gasteiger partial charge is 0.107 e. The van der Waals surface area contributed by atoms with Gasteiger partial charge in [0, 0.05) is 18.5 Å². The van der Waals surface area contributed by atoms with Crippen LogP contribution in [0.1, 0.15) is 37.4 Å². The van der Waals surface area contributed by atoms with Gasteiger partial charge in [-0.3, -0.25) is 0 Å². The second-order valence-corrected chi connectivity index (χ2v) is 5.05. The van der Waals surface area contributed by atoms with Crippen molar-refractivity contribution in [2.45, 2.75) is 39.8 Å². The number of hydrogen-bond acceptors (Lipinski definition) is 4. The number of thiazole rings is 1. The molecule has 1 rings (SSSR count). The van der Waals surface area contributed by atoms with Gasteiger partial charge in [0.05, 0.1) is 5.69 Å². The quantitative estimate of drug-likeness (QED) is 0.758. The van der Waals surface area contributed by atoms with Crippen LogP contribution in [0.15, 0.2) is 5.38 Å². The van der Waals surface area contributed by atoms with Crippen LogP contribution in [0.2, 0.25) is 0 Å². The molecule has 0 spiro atoms. The van der Waals surface area contributed by atoms with E-state index in [1.54, 1.807) is 11.3 Å². The predicted octanol–water partition coefficient (Wildman–Crippen LogP) is 2.48. The highest BCUT2D eigenvalue weighted by atomic mass is 32.1. The van der Waals surface area contributed by atoms with E-state index in [0.717, 1.165) is 26.2 Å². The Morgan fingerprint density at radius 2 is 2.25 bits per heavy atom. The molecule has 0 saturated heterocycles. The van der Waals surface area contributed by atoms with Crippen LogP contribution in [0.25, 0.3) is 0 Å². The summed E-state index contributed by atoms with van der Waals surface area (Å²) in [5.74, 6) is 0. The first-order valence-corrected chi connectivity index (χ1v) is 6.96. The summed E-state index contributed by atoms with van der Waals surface area (Å²) in [6.07, 6.45) is 2.53. The van der Waals surface area contributed by atoms with Gasteiger partial charge in [-0.25, -0.2) is 4.98 Å². The Kier molecular flexibility index (Phi) is 6.61. The Balaban J connectivity index is 2.33. The molecule has 0 atom stereocenters. The summed E-state index contributed by atoms with van der Waals surface area (Å²) in [4.78, 5) is 6.95. The van der Waals surface area contributed by atoms with Gasteiger partial charge in [0.15, 0.2) is 0 Å². The standard InChI is InChI=1S/C12H23N3S/c1-4-6-7-15(3)9-11-10-16-12(14-11)8-13-5-2/h10,13H,4-9H2,1-3H3. The minimum absolute atomic E-state index is 0.903. The van der Waals surface area contributed by atoms with E-state index in [9.17, 15) is 0 Å². The highest BCUT2D eigenvalue weighted by molar-refractivity contribution is 7.09. The highest BCUT2D eigenvalue weighted by Crippen LogP contribution is 2.11. The largest absolute Gasteiger partial charge is 0.311 e. The van der Waals surface area contributed by atoms with E-state index in [2.05, 4.69) is 41.5 Å². The zero-order valence-electron chi connectivity index (χ0n) is 10.6. The molecule has 4 heteroatoms. The molecular weight excluding hydrogens is 218 g/mol. The summed E-state index contributed by atoms with van der Waals surface area (Å²) >= 11 is 1.76. The molecule has 0 bridgehead atoms. The van der Waals surface area contributed by atoms with Crippen molar-refractivity contribution in [2.75, 3.05) is 20.1 Å². The van der Waals surface area contributed by atoms with Gasteiger partial charge >= 0.3 is 0 Å². The van der Waals surface area contributed by atoms with Crippen molar-refractivity contribution in [1.82, 2.24) is 15.2 Å². The number of nitrogens with zero attached hydrogens (tertiary/aromatic N) is 2. The molecule has 1 heterocycles. The van der Waals surface area contributed by atoms with Crippen LogP contribution in [-0.2, 0) is 13.1 Å². The minimum atomic E-state index is 0.903. The van der Waals surface area contributed by atoms with Crippen LogP contribution in [0, 0.1) is 0 Å². The summed E-state index contributed by atoms with van der Waals surface area (Å²) in [5, 5.41) is 6.67. The first-order valence-electron chi connectivity index (χ1n) is 6.08. The molecule has 0 fully saturated rings. The lowest BCUT2D eigenvalue weighted by Gasteiger charge is -2.13. The van der Waals surface area contributed by atoms with E-state index in [1.165, 1.54) is 23.5 Å². The number of rotatable bonds is 8. The molecule has 0 saturated carbocycles. The Morgan fingerprint density at radius 1 is 1.44 bits per heavy atom. The van der Waals surface area contributed by atoms with Crippen molar-refractivity contribution in [2.24, 2.45) is 0 Å². The highest BCUT2D eigenvalue weighted by Gasteiger charge is 2.04. The van der Waals surface area contributed by atoms with Gasteiger partial charge in [-0.1, -0.05) is 20.3 Å². The maximum absolute atomic E-state index is 4.61. The monoisotopic (exact) mass is 241 g/mol. The van der Waals surface area contributed by atoms with Gasteiger partial charge in [-0.15, -0.1) is 11.3 Å². The second-order valence-electron chi connectivity index (χ2n) is 4.10. The van der Waals surface area contributed by atoms with Crippen LogP contribution in [0.4, 0.5) is 0 Å². The second kappa shape index (κ2) is 7.76. The molecule has 92 valence electrons. The lowest BCUT2D eigenvalue weighted by molar-refractivity contribution is 0.317. The van der Waals surface area contributed by atoms with E-state index in [0.29, 0.717) is 0 Å². The van der Waals surface area contributed by atoms with E-state index in [-0.39, 0.29) is 0 Å². The SMILES string of the molecule is CCCCN(C)Cc1csc(CNCC)n1. The van der Waals surface area contributed by atoms with Gasteiger partial charge in [-0.05, 0) is 26.6 Å². The molecule has 16 heavy (non-hydrogen) atoms. The molecular formula is C12H23N3S. The molecule has 3 nitrogen and oxygen atoms in total. The van der Waals surface area contributed by atoms with E-state index in [1.807, 2.05) is 0 Å². The molecule has 0 amide bonds. The van der Waals surface area contributed by atoms with E-state index in [4.69, 9.17) is 0 Å². The van der Waals surface area contributed by atoms with Crippen molar-refractivity contribution in [3.63, 3.8) is 0 Å². The van der Waals surface area contributed by atoms with Crippen molar-refractivity contribution >= 4 is 11.3 Å². The van der Waals surface area contributed by atoms with E-state index >= 15 is 0 Å². The molecule has 0 aliphatic heterocycles. The maximum atomic E-state index is 4.61. The summed E-state index contributed by atoms with van der Waals surface area (Å²) in [6.45, 7) is 8.39. The van der Waals surface area contributed by atoms with Crippen LogP contribution in [-0.4, -0.2) is 30.0 Å². The average molecular weight is 241 g/mol. The summed E-state index contributed by atoms with van der Waals surface area (Å²) in [7, 11) is 2.17. The lowest BCUT2D eigenvalue weighted by Crippen LogP contribution is -2.19. The Bertz CT molecular complexity index is 286. The van der Waals surface area contributed by atoms with Crippen molar-refractivity contribution in [1.29, 1.82) is 0 Å². The fourth-order valence-electron chi connectivity index (χ4n) is 1.52. The normalized spacial score (nSPS) is 11.2. The van der Waals surface area contributed by atoms with Gasteiger partial charge in [0.2, 0.25) is 0 Å². The van der Waals surface area contributed by atoms with Crippen LogP contribution in [0.5, 0.6) is 0 Å². The first-order chi connectivity index (χ1) is 7.76. The molecule has 0 aliphatic carbocycles. The molecule has 0 aromatic carbocycles. The topological polar surface area (TPSA) is 28.2 Å². The summed E-state index contributed by atoms with van der Waals surface area (Å²) < 4.78 is 0. The Labute approximate surface area is 103 Å². The molecule has 1 aromatic rings. The van der Waals surface area contributed by atoms with Crippen LogP contribution in [0.3, 0.4) is 0 Å². The number of nitrogens with one attached hydrogen (secondary N) is 1. The van der Waals surface area contributed by atoms with Gasteiger partial charge in [0.1, 0.15) is 5.01 Å². The van der Waals surface area contributed by atoms with Gasteiger partial charge < -0.3 is 10.2 Å². The van der Waals surface area contributed by atoms with Crippen LogP contribution >= 0.6 is 11.3 Å². The fraction of sp³-hybridized carbons (Fsp3) is 0.750. The van der Waals surface area contributed by atoms with Gasteiger partial charge in [0.25, 0.3) is 0 Å². The van der Waals surface area contributed by atoms with Crippen molar-refractivity contribution < 1.29 is 0 Å². The third-order valence-electron chi connectivity index (χ3n) is 2.45. The molecule has 1 aromatic heterocycles. The number of hydrogen-bond donors (Lipinski definition) is 1. The molecule has 1 N–H and O–H groups in total. The predicted molar refractivity (Wildman–Crippen MR) is 70.7 cm³/mol. The fourth-order valence-corrected chi connectivity index (χ4v) is 2.27. The Hall–Kier alpha value is -0.450. The zero-order valence-corrected chi connectivity index (χ0v) is 11.4. The Morgan fingerprint density at radius 3 is 2.94 bits per heavy atom. The summed E-state index contributed by atoms with van der Waals surface area (Å²) in [6, 6.07) is 0. The van der Waals surface area contributed by atoms with Crippen LogP contribution < -0.4 is 5.32 Å². The summed E-state index contributed by atoms with van der Waals surface area (Å²) in [5.41, 5.74) is 1.21. The molecule has 0 radical (unpaired) electrons. The van der Waals surface area contributed by atoms with E-state index < -0.39 is 0 Å². The minimum Gasteiger partial charge on any atom is -0.311 e. The number of aromatic nitrogens is 1. The van der Waals surface area contributed by atoms with Crippen molar-refractivity contribution in [3.05, 3.63) is 16.1 Å². The average Bonchev–Trinajstić information content (AvgIpc) is 2.71.